The maximum absolute atomic E-state index is 12.8. The first kappa shape index (κ1) is 23.9. The smallest absolute Gasteiger partial charge is 0.271 e. The zero-order valence-corrected chi connectivity index (χ0v) is 20.3. The van der Waals surface area contributed by atoms with Crippen LogP contribution >= 0.6 is 0 Å². The van der Waals surface area contributed by atoms with Gasteiger partial charge in [-0.2, -0.15) is 10.3 Å². The molecule has 2 aliphatic rings. The van der Waals surface area contributed by atoms with Gasteiger partial charge in [0.05, 0.1) is 45.8 Å². The van der Waals surface area contributed by atoms with Crippen molar-refractivity contribution in [3.63, 3.8) is 0 Å². The number of benzene rings is 2. The lowest BCUT2D eigenvalue weighted by atomic mass is 9.89. The maximum Gasteiger partial charge on any atom is 0.271 e. The predicted octanol–water partition coefficient (Wildman–Crippen LogP) is 4.25. The van der Waals surface area contributed by atoms with Crippen LogP contribution in [-0.2, 0) is 11.2 Å². The van der Waals surface area contributed by atoms with Crippen LogP contribution in [0.2, 0.25) is 0 Å². The van der Waals surface area contributed by atoms with E-state index in [1.165, 1.54) is 6.08 Å². The van der Waals surface area contributed by atoms with Crippen molar-refractivity contribution in [1.29, 1.82) is 5.26 Å². The summed E-state index contributed by atoms with van der Waals surface area (Å²) in [6, 6.07) is 11.6. The summed E-state index contributed by atoms with van der Waals surface area (Å²) in [5.41, 5.74) is 4.14. The molecule has 0 unspecified atom stereocenters. The van der Waals surface area contributed by atoms with Gasteiger partial charge in [0.25, 0.3) is 5.91 Å². The Morgan fingerprint density at radius 3 is 2.40 bits per heavy atom. The molecule has 2 aromatic rings. The lowest BCUT2D eigenvalue weighted by molar-refractivity contribution is -0.113. The van der Waals surface area contributed by atoms with Gasteiger partial charge in [0.15, 0.2) is 11.5 Å². The first-order valence-corrected chi connectivity index (χ1v) is 11.2. The fourth-order valence-electron chi connectivity index (χ4n) is 4.43. The molecule has 0 saturated heterocycles. The second-order valence-electron chi connectivity index (χ2n) is 8.01. The van der Waals surface area contributed by atoms with E-state index in [1.807, 2.05) is 17.0 Å². The molecule has 0 N–H and O–H groups in total. The van der Waals surface area contributed by atoms with Gasteiger partial charge in [-0.25, -0.2) is 0 Å². The number of nitrogens with zero attached hydrogens (tertiary/aromatic N) is 3. The normalized spacial score (nSPS) is 16.0. The number of aliphatic imine (C=N–C) groups is 1. The molecule has 0 radical (unpaired) electrons. The Labute approximate surface area is 204 Å². The van der Waals surface area contributed by atoms with Crippen molar-refractivity contribution in [1.82, 2.24) is 4.90 Å². The molecule has 2 aliphatic heterocycles. The number of carbonyl (C=O) groups is 1. The van der Waals surface area contributed by atoms with Gasteiger partial charge in [-0.1, -0.05) is 0 Å². The summed E-state index contributed by atoms with van der Waals surface area (Å²) >= 11 is 0. The molecule has 8 nitrogen and oxygen atoms in total. The van der Waals surface area contributed by atoms with E-state index < -0.39 is 0 Å². The van der Waals surface area contributed by atoms with Crippen molar-refractivity contribution in [3.05, 3.63) is 58.7 Å². The van der Waals surface area contributed by atoms with Crippen LogP contribution in [0.3, 0.4) is 0 Å². The molecule has 0 saturated carbocycles. The van der Waals surface area contributed by atoms with Crippen molar-refractivity contribution in [2.75, 3.05) is 35.0 Å². The Balaban J connectivity index is 1.66. The molecule has 2 aromatic carbocycles. The van der Waals surface area contributed by atoms with E-state index in [0.29, 0.717) is 59.4 Å². The number of methoxy groups -OCH3 is 4. The van der Waals surface area contributed by atoms with Crippen LogP contribution in [0.1, 0.15) is 29.5 Å². The molecule has 0 spiro atoms. The minimum atomic E-state index is -0.386. The van der Waals surface area contributed by atoms with Crippen molar-refractivity contribution in [3.8, 4) is 29.1 Å². The highest BCUT2D eigenvalue weighted by Crippen LogP contribution is 2.41. The van der Waals surface area contributed by atoms with Crippen molar-refractivity contribution < 1.29 is 23.7 Å². The van der Waals surface area contributed by atoms with E-state index in [1.54, 1.807) is 52.7 Å². The third-order valence-electron chi connectivity index (χ3n) is 6.15. The van der Waals surface area contributed by atoms with Crippen LogP contribution in [-0.4, -0.2) is 51.6 Å². The van der Waals surface area contributed by atoms with Crippen LogP contribution in [0.15, 0.2) is 47.0 Å². The lowest BCUT2D eigenvalue weighted by Crippen LogP contribution is -2.38. The molecule has 4 rings (SSSR count). The monoisotopic (exact) mass is 473 g/mol. The molecular formula is C27H27N3O5. The number of hydrogen-bond acceptors (Lipinski definition) is 6. The second kappa shape index (κ2) is 10.3. The third-order valence-corrected chi connectivity index (χ3v) is 6.15. The van der Waals surface area contributed by atoms with Gasteiger partial charge in [-0.3, -0.25) is 4.79 Å². The van der Waals surface area contributed by atoms with Gasteiger partial charge in [0.1, 0.15) is 17.3 Å². The van der Waals surface area contributed by atoms with Crippen LogP contribution < -0.4 is 18.9 Å². The lowest BCUT2D eigenvalue weighted by Gasteiger charge is -2.38. The Kier molecular flexibility index (Phi) is 7.06. The molecule has 0 aromatic heterocycles. The number of allylic oxidation sites excluding steroid dienone is 1. The van der Waals surface area contributed by atoms with Gasteiger partial charge in [-0.05, 0) is 54.8 Å². The summed E-state index contributed by atoms with van der Waals surface area (Å²) in [6.07, 6.45) is 4.82. The Hall–Kier alpha value is -4.25. The summed E-state index contributed by atoms with van der Waals surface area (Å²) in [5, 5.41) is 9.82. The van der Waals surface area contributed by atoms with Gasteiger partial charge >= 0.3 is 0 Å². The van der Waals surface area contributed by atoms with Gasteiger partial charge in [0.2, 0.25) is 0 Å². The van der Waals surface area contributed by atoms with Crippen LogP contribution in [0, 0.1) is 11.3 Å². The number of amides is 1. The molecule has 0 bridgehead atoms. The number of fused-ring (bicyclic) bond motifs is 3. The number of hydrogen-bond donors (Lipinski definition) is 0. The molecular weight excluding hydrogens is 446 g/mol. The van der Waals surface area contributed by atoms with E-state index in [9.17, 15) is 10.1 Å². The summed E-state index contributed by atoms with van der Waals surface area (Å²) in [5.74, 6) is 2.79. The van der Waals surface area contributed by atoms with Crippen LogP contribution in [0.25, 0.3) is 11.8 Å². The summed E-state index contributed by atoms with van der Waals surface area (Å²) in [7, 11) is 6.34. The molecule has 1 amide bonds. The molecule has 8 heteroatoms. The number of carbonyl (C=O) groups excluding carboxylic acids is 1. The highest BCUT2D eigenvalue weighted by atomic mass is 16.5. The average Bonchev–Trinajstić information content (AvgIpc) is 2.90. The van der Waals surface area contributed by atoms with E-state index in [2.05, 4.69) is 11.1 Å². The molecule has 0 atom stereocenters. The van der Waals surface area contributed by atoms with E-state index in [0.717, 1.165) is 23.2 Å². The maximum atomic E-state index is 12.8. The molecule has 180 valence electrons. The van der Waals surface area contributed by atoms with Crippen LogP contribution in [0.4, 0.5) is 0 Å². The third kappa shape index (κ3) is 4.71. The Bertz CT molecular complexity index is 1290. The van der Waals surface area contributed by atoms with Gasteiger partial charge in [0, 0.05) is 30.2 Å². The first-order valence-electron chi connectivity index (χ1n) is 11.2. The Morgan fingerprint density at radius 1 is 0.971 bits per heavy atom. The molecule has 35 heavy (non-hydrogen) atoms. The van der Waals surface area contributed by atoms with E-state index in [4.69, 9.17) is 18.9 Å². The van der Waals surface area contributed by atoms with Crippen LogP contribution in [0.5, 0.6) is 23.0 Å². The standard InChI is InChI=1S/C27H27N3O5/c1-32-20-7-8-22(33-2)18(13-20)6-10-26(31)29-25-9-5-19(16-28)27-21-15-24(35-4)23(34-3)14-17(21)11-12-30(25)27/h6-8,10,13-15H,5,9,11-12H2,1-4H3/b10-6+,29-25?. The minimum absolute atomic E-state index is 0.386. The van der Waals surface area contributed by atoms with Crippen molar-refractivity contribution >= 4 is 23.5 Å². The SMILES string of the molecule is COc1ccc(OC)c(/C=C/C(=O)N=C2CCC(C#N)=C3c4cc(OC)c(OC)cc4CCN23)c1. The largest absolute Gasteiger partial charge is 0.497 e. The zero-order chi connectivity index (χ0) is 24.9. The quantitative estimate of drug-likeness (QED) is 0.579. The average molecular weight is 474 g/mol. The van der Waals surface area contributed by atoms with Crippen molar-refractivity contribution in [2.24, 2.45) is 4.99 Å². The number of amidine groups is 1. The Morgan fingerprint density at radius 2 is 1.71 bits per heavy atom. The van der Waals surface area contributed by atoms with Gasteiger partial charge in [-0.15, -0.1) is 0 Å². The molecule has 0 aliphatic carbocycles. The fraction of sp³-hybridized carbons (Fsp3) is 0.296. The minimum Gasteiger partial charge on any atom is -0.497 e. The molecule has 0 fully saturated rings. The topological polar surface area (TPSA) is 93.4 Å². The summed E-state index contributed by atoms with van der Waals surface area (Å²) in [6.45, 7) is 0.614. The number of ether oxygens (including phenoxy) is 4. The number of rotatable bonds is 6. The fourth-order valence-corrected chi connectivity index (χ4v) is 4.43. The van der Waals surface area contributed by atoms with Gasteiger partial charge < -0.3 is 23.8 Å². The summed E-state index contributed by atoms with van der Waals surface area (Å²) in [4.78, 5) is 19.2. The van der Waals surface area contributed by atoms with E-state index in [-0.39, 0.29) is 5.91 Å². The second-order valence-corrected chi connectivity index (χ2v) is 8.01. The van der Waals surface area contributed by atoms with Crippen molar-refractivity contribution in [2.45, 2.75) is 19.3 Å². The van der Waals surface area contributed by atoms with E-state index >= 15 is 0 Å². The zero-order valence-electron chi connectivity index (χ0n) is 20.3. The highest BCUT2D eigenvalue weighted by Gasteiger charge is 2.32. The molecule has 2 heterocycles. The predicted molar refractivity (Wildman–Crippen MR) is 133 cm³/mol. The number of nitriles is 1. The highest BCUT2D eigenvalue weighted by molar-refractivity contribution is 6.05. The summed E-state index contributed by atoms with van der Waals surface area (Å²) < 4.78 is 21.6. The first-order chi connectivity index (χ1) is 17.0.